The number of thioether (sulfide) groups is 1. The van der Waals surface area contributed by atoms with Crippen LogP contribution in [0.25, 0.3) is 22.1 Å². The number of amides is 1. The molecule has 4 aromatic rings. The van der Waals surface area contributed by atoms with Crippen LogP contribution in [0.3, 0.4) is 0 Å². The van der Waals surface area contributed by atoms with Crippen LogP contribution in [0, 0.1) is 0 Å². The molecule has 130 valence electrons. The number of rotatable bonds is 5. The van der Waals surface area contributed by atoms with Crippen molar-refractivity contribution in [2.45, 2.75) is 11.7 Å². The van der Waals surface area contributed by atoms with E-state index >= 15 is 0 Å². The molecule has 1 amide bonds. The monoisotopic (exact) mass is 383 g/mol. The fraction of sp³-hybridized carbons (Fsp3) is 0.111. The molecule has 0 spiro atoms. The Bertz CT molecular complexity index is 1100. The summed E-state index contributed by atoms with van der Waals surface area (Å²) in [5.74, 6) is 0.115. The molecule has 0 radical (unpaired) electrons. The van der Waals surface area contributed by atoms with Gasteiger partial charge in [0.2, 0.25) is 11.1 Å². The summed E-state index contributed by atoms with van der Waals surface area (Å²) >= 11 is 7.18. The minimum atomic E-state index is -0.102. The second-order valence-corrected chi connectivity index (χ2v) is 7.04. The third-order valence-corrected chi connectivity index (χ3v) is 4.89. The zero-order valence-electron chi connectivity index (χ0n) is 13.6. The average Bonchev–Trinajstić information content (AvgIpc) is 3.02. The number of hydrogen-bond donors (Lipinski definition) is 2. The molecule has 0 aliphatic heterocycles. The summed E-state index contributed by atoms with van der Waals surface area (Å²) in [6.07, 6.45) is 0. The van der Waals surface area contributed by atoms with E-state index in [1.807, 2.05) is 42.5 Å². The molecule has 0 aliphatic carbocycles. The Morgan fingerprint density at radius 2 is 2.04 bits per heavy atom. The molecular weight excluding hydrogens is 370 g/mol. The second-order valence-electron chi connectivity index (χ2n) is 5.66. The largest absolute Gasteiger partial charge is 0.351 e. The van der Waals surface area contributed by atoms with E-state index in [1.54, 1.807) is 6.07 Å². The van der Waals surface area contributed by atoms with Crippen molar-refractivity contribution in [2.24, 2.45) is 0 Å². The molecule has 0 aliphatic rings. The van der Waals surface area contributed by atoms with Crippen LogP contribution < -0.4 is 5.32 Å². The molecule has 2 heterocycles. The van der Waals surface area contributed by atoms with Crippen molar-refractivity contribution in [1.82, 2.24) is 25.5 Å². The Balaban J connectivity index is 1.39. The standard InChI is InChI=1S/C18H14ClN5OS/c19-12-5-3-4-11(8-12)9-20-15(25)10-26-18-22-17-16(23-24-18)13-6-1-2-7-14(13)21-17/h1-8H,9-10H2,(H,20,25)(H,21,22,24). The number of aromatic nitrogens is 4. The van der Waals surface area contributed by atoms with Gasteiger partial charge in [-0.25, -0.2) is 4.98 Å². The van der Waals surface area contributed by atoms with Crippen LogP contribution in [-0.2, 0) is 11.3 Å². The lowest BCUT2D eigenvalue weighted by Crippen LogP contribution is -2.24. The molecule has 4 rings (SSSR count). The Kier molecular flexibility index (Phi) is 4.73. The molecule has 0 saturated heterocycles. The van der Waals surface area contributed by atoms with Crippen molar-refractivity contribution in [3.05, 3.63) is 59.1 Å². The highest BCUT2D eigenvalue weighted by molar-refractivity contribution is 7.99. The van der Waals surface area contributed by atoms with Crippen LogP contribution in [0.1, 0.15) is 5.56 Å². The second kappa shape index (κ2) is 7.31. The highest BCUT2D eigenvalue weighted by Gasteiger charge is 2.10. The smallest absolute Gasteiger partial charge is 0.230 e. The molecule has 0 saturated carbocycles. The van der Waals surface area contributed by atoms with Gasteiger partial charge in [0, 0.05) is 22.5 Å². The normalized spacial score (nSPS) is 11.1. The van der Waals surface area contributed by atoms with E-state index in [4.69, 9.17) is 11.6 Å². The fourth-order valence-corrected chi connectivity index (χ4v) is 3.43. The quantitative estimate of drug-likeness (QED) is 0.515. The van der Waals surface area contributed by atoms with E-state index in [2.05, 4.69) is 25.5 Å². The summed E-state index contributed by atoms with van der Waals surface area (Å²) < 4.78 is 0. The SMILES string of the molecule is O=C(CSc1nnc2c(n1)[nH]c1ccccc12)NCc1cccc(Cl)c1. The van der Waals surface area contributed by atoms with Crippen molar-refractivity contribution in [1.29, 1.82) is 0 Å². The number of nitrogens with one attached hydrogen (secondary N) is 2. The van der Waals surface area contributed by atoms with Gasteiger partial charge in [-0.15, -0.1) is 10.2 Å². The van der Waals surface area contributed by atoms with E-state index in [1.165, 1.54) is 11.8 Å². The first-order valence-electron chi connectivity index (χ1n) is 7.94. The molecule has 6 nitrogen and oxygen atoms in total. The van der Waals surface area contributed by atoms with Gasteiger partial charge in [0.25, 0.3) is 0 Å². The number of para-hydroxylation sites is 1. The molecular formula is C18H14ClN5OS. The number of benzene rings is 2. The highest BCUT2D eigenvalue weighted by atomic mass is 35.5. The zero-order valence-corrected chi connectivity index (χ0v) is 15.1. The van der Waals surface area contributed by atoms with Crippen molar-refractivity contribution < 1.29 is 4.79 Å². The van der Waals surface area contributed by atoms with Gasteiger partial charge in [0.1, 0.15) is 5.52 Å². The minimum absolute atomic E-state index is 0.102. The Labute approximate surface area is 158 Å². The minimum Gasteiger partial charge on any atom is -0.351 e. The Morgan fingerprint density at radius 3 is 2.92 bits per heavy atom. The van der Waals surface area contributed by atoms with Gasteiger partial charge < -0.3 is 10.3 Å². The molecule has 2 N–H and O–H groups in total. The molecule has 8 heteroatoms. The predicted molar refractivity (Wildman–Crippen MR) is 103 cm³/mol. The van der Waals surface area contributed by atoms with Gasteiger partial charge in [0.15, 0.2) is 5.65 Å². The number of H-pyrrole nitrogens is 1. The van der Waals surface area contributed by atoms with Crippen molar-refractivity contribution in [3.8, 4) is 0 Å². The summed E-state index contributed by atoms with van der Waals surface area (Å²) in [7, 11) is 0. The van der Waals surface area contributed by atoms with Crippen LogP contribution in [-0.4, -0.2) is 31.8 Å². The molecule has 0 unspecified atom stereocenters. The highest BCUT2D eigenvalue weighted by Crippen LogP contribution is 2.23. The fourth-order valence-electron chi connectivity index (χ4n) is 2.60. The van der Waals surface area contributed by atoms with Gasteiger partial charge >= 0.3 is 0 Å². The third-order valence-electron chi connectivity index (χ3n) is 3.81. The maximum Gasteiger partial charge on any atom is 0.230 e. The number of fused-ring (bicyclic) bond motifs is 3. The van der Waals surface area contributed by atoms with Crippen molar-refractivity contribution in [2.75, 3.05) is 5.75 Å². The molecule has 2 aromatic carbocycles. The molecule has 26 heavy (non-hydrogen) atoms. The Hall–Kier alpha value is -2.64. The van der Waals surface area contributed by atoms with Gasteiger partial charge in [-0.1, -0.05) is 53.7 Å². The first kappa shape index (κ1) is 16.8. The summed E-state index contributed by atoms with van der Waals surface area (Å²) in [6, 6.07) is 15.2. The van der Waals surface area contributed by atoms with Crippen LogP contribution in [0.15, 0.2) is 53.7 Å². The number of hydrogen-bond acceptors (Lipinski definition) is 5. The lowest BCUT2D eigenvalue weighted by atomic mass is 10.2. The van der Waals surface area contributed by atoms with Crippen LogP contribution in [0.5, 0.6) is 0 Å². The average molecular weight is 384 g/mol. The summed E-state index contributed by atoms with van der Waals surface area (Å²) in [6.45, 7) is 0.431. The number of carbonyl (C=O) groups is 1. The third kappa shape index (κ3) is 3.63. The van der Waals surface area contributed by atoms with Gasteiger partial charge in [-0.05, 0) is 23.8 Å². The van der Waals surface area contributed by atoms with E-state index in [0.717, 1.165) is 22.0 Å². The van der Waals surface area contributed by atoms with Gasteiger partial charge in [0.05, 0.1) is 5.75 Å². The Morgan fingerprint density at radius 1 is 1.15 bits per heavy atom. The molecule has 0 fully saturated rings. The zero-order chi connectivity index (χ0) is 17.9. The summed E-state index contributed by atoms with van der Waals surface area (Å²) in [5, 5.41) is 13.3. The maximum atomic E-state index is 12.0. The number of carbonyl (C=O) groups excluding carboxylic acids is 1. The van der Waals surface area contributed by atoms with Gasteiger partial charge in [-0.2, -0.15) is 0 Å². The molecule has 0 bridgehead atoms. The van der Waals surface area contributed by atoms with Crippen molar-refractivity contribution >= 4 is 51.3 Å². The predicted octanol–water partition coefficient (Wildman–Crippen LogP) is 3.57. The van der Waals surface area contributed by atoms with Crippen LogP contribution in [0.2, 0.25) is 5.02 Å². The number of halogens is 1. The lowest BCUT2D eigenvalue weighted by Gasteiger charge is -2.05. The lowest BCUT2D eigenvalue weighted by molar-refractivity contribution is -0.118. The molecule has 2 aromatic heterocycles. The van der Waals surface area contributed by atoms with Crippen LogP contribution in [0.4, 0.5) is 0 Å². The maximum absolute atomic E-state index is 12.0. The van der Waals surface area contributed by atoms with E-state index in [0.29, 0.717) is 22.4 Å². The summed E-state index contributed by atoms with van der Waals surface area (Å²) in [5.41, 5.74) is 3.32. The van der Waals surface area contributed by atoms with Crippen LogP contribution >= 0.6 is 23.4 Å². The first-order valence-corrected chi connectivity index (χ1v) is 9.30. The topological polar surface area (TPSA) is 83.6 Å². The van der Waals surface area contributed by atoms with E-state index < -0.39 is 0 Å². The molecule has 0 atom stereocenters. The van der Waals surface area contributed by atoms with Crippen molar-refractivity contribution in [3.63, 3.8) is 0 Å². The summed E-state index contributed by atoms with van der Waals surface area (Å²) in [4.78, 5) is 19.7. The van der Waals surface area contributed by atoms with E-state index in [9.17, 15) is 4.79 Å². The number of nitrogens with zero attached hydrogens (tertiary/aromatic N) is 3. The first-order chi connectivity index (χ1) is 12.7. The van der Waals surface area contributed by atoms with E-state index in [-0.39, 0.29) is 11.7 Å². The number of aromatic amines is 1. The van der Waals surface area contributed by atoms with Gasteiger partial charge in [-0.3, -0.25) is 4.79 Å².